The number of alkyl halides is 3. The Labute approximate surface area is 206 Å². The highest BCUT2D eigenvalue weighted by Crippen LogP contribution is 2.33. The summed E-state index contributed by atoms with van der Waals surface area (Å²) in [4.78, 5) is 19.6. The molecule has 0 spiro atoms. The fourth-order valence-corrected chi connectivity index (χ4v) is 4.27. The second-order valence-corrected chi connectivity index (χ2v) is 8.43. The number of anilines is 2. The van der Waals surface area contributed by atoms with Crippen molar-refractivity contribution in [3.05, 3.63) is 120 Å². The van der Waals surface area contributed by atoms with Crippen molar-refractivity contribution in [2.75, 3.05) is 16.8 Å². The van der Waals surface area contributed by atoms with Crippen LogP contribution in [0.25, 0.3) is 17.2 Å². The van der Waals surface area contributed by atoms with E-state index in [-0.39, 0.29) is 5.91 Å². The van der Waals surface area contributed by atoms with Crippen LogP contribution < -0.4 is 10.2 Å². The molecule has 1 aromatic heterocycles. The van der Waals surface area contributed by atoms with Crippen molar-refractivity contribution in [2.45, 2.75) is 12.6 Å². The summed E-state index contributed by atoms with van der Waals surface area (Å²) >= 11 is 0. The molecule has 4 nitrogen and oxygen atoms in total. The van der Waals surface area contributed by atoms with Gasteiger partial charge in [-0.05, 0) is 77.7 Å². The van der Waals surface area contributed by atoms with Gasteiger partial charge in [-0.25, -0.2) is 0 Å². The quantitative estimate of drug-likeness (QED) is 0.329. The lowest BCUT2D eigenvalue weighted by molar-refractivity contribution is -0.137. The van der Waals surface area contributed by atoms with E-state index >= 15 is 0 Å². The van der Waals surface area contributed by atoms with Crippen LogP contribution in [0.3, 0.4) is 0 Å². The molecule has 0 radical (unpaired) electrons. The van der Waals surface area contributed by atoms with Crippen molar-refractivity contribution in [1.29, 1.82) is 0 Å². The summed E-state index contributed by atoms with van der Waals surface area (Å²) in [7, 11) is 0. The standard InChI is InChI=1S/C29H22F3N3O/c30-29(31,32)22-10-8-20(9-11-22)25-6-1-2-7-26(25)28(36)34-24-12-13-27-21(19-24)14-17-35(27)18-15-23-5-3-4-16-33-23/h1-13,15-16,18-19H,14,17H2,(H,34,36)/b18-15+. The lowest BCUT2D eigenvalue weighted by atomic mass is 9.98. The largest absolute Gasteiger partial charge is 0.416 e. The Hall–Kier alpha value is -4.39. The second kappa shape index (κ2) is 9.70. The molecule has 1 aliphatic heterocycles. The summed E-state index contributed by atoms with van der Waals surface area (Å²) in [6.45, 7) is 0.826. The summed E-state index contributed by atoms with van der Waals surface area (Å²) in [6, 6.07) is 23.3. The number of nitrogens with one attached hydrogen (secondary N) is 1. The number of benzene rings is 3. The number of rotatable bonds is 5. The summed E-state index contributed by atoms with van der Waals surface area (Å²) in [5, 5.41) is 2.94. The van der Waals surface area contributed by atoms with E-state index in [2.05, 4.69) is 15.2 Å². The van der Waals surface area contributed by atoms with E-state index in [1.54, 1.807) is 30.5 Å². The molecule has 0 saturated heterocycles. The minimum atomic E-state index is -4.41. The number of amides is 1. The van der Waals surface area contributed by atoms with E-state index < -0.39 is 11.7 Å². The van der Waals surface area contributed by atoms with Gasteiger partial charge >= 0.3 is 6.18 Å². The zero-order chi connectivity index (χ0) is 25.1. The average Bonchev–Trinajstić information content (AvgIpc) is 3.30. The molecule has 0 fully saturated rings. The molecular formula is C29H22F3N3O. The third kappa shape index (κ3) is 5.00. The highest BCUT2D eigenvalue weighted by molar-refractivity contribution is 6.08. The van der Waals surface area contributed by atoms with Gasteiger partial charge in [0.05, 0.1) is 11.3 Å². The van der Waals surface area contributed by atoms with E-state index in [0.29, 0.717) is 22.4 Å². The molecule has 36 heavy (non-hydrogen) atoms. The number of aromatic nitrogens is 1. The minimum Gasteiger partial charge on any atom is -0.347 e. The van der Waals surface area contributed by atoms with Crippen LogP contribution in [-0.2, 0) is 12.6 Å². The van der Waals surface area contributed by atoms with Crippen LogP contribution in [0.15, 0.2) is 97.3 Å². The molecule has 0 atom stereocenters. The number of nitrogens with zero attached hydrogens (tertiary/aromatic N) is 2. The number of pyridine rings is 1. The Kier molecular flexibility index (Phi) is 6.29. The molecule has 4 aromatic rings. The highest BCUT2D eigenvalue weighted by Gasteiger charge is 2.30. The van der Waals surface area contributed by atoms with Crippen LogP contribution >= 0.6 is 0 Å². The molecule has 2 heterocycles. The van der Waals surface area contributed by atoms with E-state index in [1.807, 2.05) is 48.7 Å². The van der Waals surface area contributed by atoms with Gasteiger partial charge in [-0.15, -0.1) is 0 Å². The highest BCUT2D eigenvalue weighted by atomic mass is 19.4. The minimum absolute atomic E-state index is 0.324. The van der Waals surface area contributed by atoms with Gasteiger partial charge in [0.15, 0.2) is 0 Å². The first-order valence-electron chi connectivity index (χ1n) is 11.5. The molecule has 1 aliphatic rings. The Bertz CT molecular complexity index is 1410. The average molecular weight is 486 g/mol. The molecule has 7 heteroatoms. The SMILES string of the molecule is O=C(Nc1ccc2c(c1)CCN2/C=C/c1ccccn1)c1ccccc1-c1ccc(C(F)(F)F)cc1. The van der Waals surface area contributed by atoms with E-state index in [1.165, 1.54) is 12.1 Å². The van der Waals surface area contributed by atoms with Crippen molar-refractivity contribution in [3.8, 4) is 11.1 Å². The number of carbonyl (C=O) groups excluding carboxylic acids is 1. The third-order valence-electron chi connectivity index (χ3n) is 6.08. The predicted molar refractivity (Wildman–Crippen MR) is 136 cm³/mol. The smallest absolute Gasteiger partial charge is 0.347 e. The zero-order valence-electron chi connectivity index (χ0n) is 19.2. The molecule has 180 valence electrons. The summed E-state index contributed by atoms with van der Waals surface area (Å²) in [5.74, 6) is -0.324. The number of fused-ring (bicyclic) bond motifs is 1. The van der Waals surface area contributed by atoms with E-state index in [0.717, 1.165) is 42.0 Å². The van der Waals surface area contributed by atoms with Gasteiger partial charge in [0.2, 0.25) is 0 Å². The van der Waals surface area contributed by atoms with Crippen molar-refractivity contribution in [3.63, 3.8) is 0 Å². The number of hydrogen-bond acceptors (Lipinski definition) is 3. The molecule has 0 bridgehead atoms. The van der Waals surface area contributed by atoms with E-state index in [9.17, 15) is 18.0 Å². The molecule has 1 N–H and O–H groups in total. The van der Waals surface area contributed by atoms with Gasteiger partial charge in [-0.1, -0.05) is 36.4 Å². The Balaban J connectivity index is 1.33. The lowest BCUT2D eigenvalue weighted by Gasteiger charge is -2.15. The molecule has 0 aliphatic carbocycles. The van der Waals surface area contributed by atoms with Crippen molar-refractivity contribution < 1.29 is 18.0 Å². The number of halogens is 3. The summed E-state index contributed by atoms with van der Waals surface area (Å²) in [5.41, 5.74) is 4.50. The van der Waals surface area contributed by atoms with Crippen LogP contribution in [0.4, 0.5) is 24.5 Å². The maximum Gasteiger partial charge on any atom is 0.416 e. The summed E-state index contributed by atoms with van der Waals surface area (Å²) < 4.78 is 38.8. The molecule has 0 unspecified atom stereocenters. The predicted octanol–water partition coefficient (Wildman–Crippen LogP) is 7.05. The maximum atomic E-state index is 13.1. The normalized spacial score (nSPS) is 13.1. The monoisotopic (exact) mass is 485 g/mol. The van der Waals surface area contributed by atoms with Gasteiger partial charge in [0, 0.05) is 35.9 Å². The van der Waals surface area contributed by atoms with Gasteiger partial charge < -0.3 is 10.2 Å². The Morgan fingerprint density at radius 3 is 2.47 bits per heavy atom. The molecule has 0 saturated carbocycles. The summed E-state index contributed by atoms with van der Waals surface area (Å²) in [6.07, 6.45) is 2.15. The van der Waals surface area contributed by atoms with Gasteiger partial charge in [-0.3, -0.25) is 9.78 Å². The molecule has 5 rings (SSSR count). The van der Waals surface area contributed by atoms with Crippen LogP contribution in [0.5, 0.6) is 0 Å². The van der Waals surface area contributed by atoms with Crippen LogP contribution in [0.1, 0.15) is 27.2 Å². The van der Waals surface area contributed by atoms with Crippen molar-refractivity contribution in [2.24, 2.45) is 0 Å². The Morgan fingerprint density at radius 1 is 0.944 bits per heavy atom. The first-order valence-corrected chi connectivity index (χ1v) is 11.5. The van der Waals surface area contributed by atoms with Crippen LogP contribution in [0.2, 0.25) is 0 Å². The topological polar surface area (TPSA) is 45.2 Å². The fraction of sp³-hybridized carbons (Fsp3) is 0.103. The Morgan fingerprint density at radius 2 is 1.72 bits per heavy atom. The third-order valence-corrected chi connectivity index (χ3v) is 6.08. The van der Waals surface area contributed by atoms with Crippen LogP contribution in [0, 0.1) is 0 Å². The second-order valence-electron chi connectivity index (χ2n) is 8.43. The first kappa shape index (κ1) is 23.4. The first-order chi connectivity index (χ1) is 17.4. The van der Waals surface area contributed by atoms with Crippen molar-refractivity contribution in [1.82, 2.24) is 4.98 Å². The molecular weight excluding hydrogens is 463 g/mol. The number of hydrogen-bond donors (Lipinski definition) is 1. The number of carbonyl (C=O) groups is 1. The van der Waals surface area contributed by atoms with Gasteiger partial charge in [0.1, 0.15) is 0 Å². The van der Waals surface area contributed by atoms with Gasteiger partial charge in [-0.2, -0.15) is 13.2 Å². The van der Waals surface area contributed by atoms with E-state index in [4.69, 9.17) is 0 Å². The maximum absolute atomic E-state index is 13.1. The van der Waals surface area contributed by atoms with Gasteiger partial charge in [0.25, 0.3) is 5.91 Å². The fourth-order valence-electron chi connectivity index (χ4n) is 4.27. The van der Waals surface area contributed by atoms with Crippen LogP contribution in [-0.4, -0.2) is 17.4 Å². The van der Waals surface area contributed by atoms with Crippen molar-refractivity contribution >= 4 is 23.4 Å². The lowest BCUT2D eigenvalue weighted by Crippen LogP contribution is -2.13. The zero-order valence-corrected chi connectivity index (χ0v) is 19.2. The molecule has 1 amide bonds. The molecule has 3 aromatic carbocycles.